The molecule has 0 radical (unpaired) electrons. The van der Waals surface area contributed by atoms with Crippen LogP contribution in [0.15, 0.2) is 66.7 Å². The number of hydrogen-bond donors (Lipinski definition) is 4. The molecule has 0 amide bonds. The number of unbranched alkanes of at least 4 members (excludes halogenated alkanes) is 3. The van der Waals surface area contributed by atoms with E-state index < -0.39 is 8.60 Å². The van der Waals surface area contributed by atoms with Crippen molar-refractivity contribution in [1.29, 1.82) is 0 Å². The maximum atomic E-state index is 11.6. The quantitative estimate of drug-likeness (QED) is 0.0278. The predicted octanol–water partition coefficient (Wildman–Crippen LogP) is 25.4. The van der Waals surface area contributed by atoms with Crippen molar-refractivity contribution in [3.05, 3.63) is 123 Å². The Morgan fingerprint density at radius 3 is 1.18 bits per heavy atom. The zero-order valence-corrected chi connectivity index (χ0v) is 80.5. The van der Waals surface area contributed by atoms with Gasteiger partial charge in [-0.15, -0.1) is 0 Å². The van der Waals surface area contributed by atoms with Crippen molar-refractivity contribution >= 4 is 26.5 Å². The molecule has 7 rings (SSSR count). The number of aromatic hydroxyl groups is 1. The van der Waals surface area contributed by atoms with Crippen molar-refractivity contribution in [2.45, 2.75) is 424 Å². The first-order chi connectivity index (χ1) is 50.9. The standard InChI is InChI=1S/C42H63O3P.C37H72N8.C19H30O3/c1-37(2,3)28-19-22-34(31(25-28)40(10,11)12)43-46(44-35-23-20-29(38(4,5)6)26-32(35)41(13,14)15)45-36-24-21-30(39(7,8)9)27-33(36)42(16,17)18;1-27-38-30(41-37(13,14)26-32(2,3)4)40-31(39-27)45(29-24-35(9,10)43-36(11,12)25-29)21-19-17-16-18-20-44(15)28-22-33(5,6)42-34(7,8)23-28;1-8-22-16(20)10-9-13-11-14(18(2,3)4)17(21)15(12-13)19(5,6)7/h19-27H,1-18H3;28-29,42-43H,16-26H2,1-15H3,(H,38,39,40,41);11-12,21H,8-10H2,1-7H3. The SMILES string of the molecule is CC(C)(C)c1ccc(OP(Oc2ccc(C(C)(C)C)cc2C(C)(C)C)Oc2ccc(C(C)(C)C)cc2C(C)(C)C)c(C(C)(C)C)c1.CCOC(=O)CCc1cc(C(C)(C)C)c(O)c(C(C)(C)C)c1.Cc1nc(NC(C)(C)CC(C)(C)C)nc(N(CCCCCCN(C)C2CC(C)(C)NC(C)(C)C2)C2CC(C)(C)NC(C)(C)C2)n1. The molecule has 2 fully saturated rings. The molecular formula is C98H165N8O6P. The molecule has 14 nitrogen and oxygen atoms in total. The van der Waals surface area contributed by atoms with Gasteiger partial charge in [-0.25, -0.2) is 0 Å². The highest BCUT2D eigenvalue weighted by atomic mass is 31.2. The van der Waals surface area contributed by atoms with Gasteiger partial charge in [0.05, 0.1) is 6.61 Å². The summed E-state index contributed by atoms with van der Waals surface area (Å²) in [5.74, 6) is 4.86. The van der Waals surface area contributed by atoms with E-state index in [2.05, 4.69) is 344 Å². The fourth-order valence-electron chi connectivity index (χ4n) is 16.8. The van der Waals surface area contributed by atoms with Gasteiger partial charge in [0.2, 0.25) is 11.9 Å². The first kappa shape index (κ1) is 98.0. The molecule has 2 aliphatic rings. The predicted molar refractivity (Wildman–Crippen MR) is 484 cm³/mol. The van der Waals surface area contributed by atoms with Crippen LogP contribution in [0.2, 0.25) is 0 Å². The highest BCUT2D eigenvalue weighted by molar-refractivity contribution is 7.43. The van der Waals surface area contributed by atoms with E-state index in [4.69, 9.17) is 33.3 Å². The fourth-order valence-corrected chi connectivity index (χ4v) is 17.8. The van der Waals surface area contributed by atoms with E-state index in [9.17, 15) is 9.90 Å². The summed E-state index contributed by atoms with van der Waals surface area (Å²) >= 11 is 0. The Balaban J connectivity index is 0.000000322. The largest absolute Gasteiger partial charge is 0.530 e. The number of nitrogens with zero attached hydrogens (tertiary/aromatic N) is 5. The maximum Gasteiger partial charge on any atom is 0.530 e. The van der Waals surface area contributed by atoms with Crippen LogP contribution in [0.5, 0.6) is 23.0 Å². The van der Waals surface area contributed by atoms with Crippen LogP contribution in [0.3, 0.4) is 0 Å². The number of phenols is 1. The molecule has 4 aromatic carbocycles. The minimum atomic E-state index is -1.89. The van der Waals surface area contributed by atoms with Crippen molar-refractivity contribution in [2.24, 2.45) is 5.41 Å². The summed E-state index contributed by atoms with van der Waals surface area (Å²) in [5, 5.41) is 22.0. The van der Waals surface area contributed by atoms with Gasteiger partial charge < -0.3 is 49.2 Å². The number of aryl methyl sites for hydroxylation is 2. The zero-order valence-electron chi connectivity index (χ0n) is 79.6. The van der Waals surface area contributed by atoms with E-state index in [1.807, 2.05) is 26.0 Å². The summed E-state index contributed by atoms with van der Waals surface area (Å²) in [6.45, 7) is 89.3. The van der Waals surface area contributed by atoms with Crippen molar-refractivity contribution in [3.8, 4) is 23.0 Å². The Hall–Kier alpha value is -5.53. The van der Waals surface area contributed by atoms with Crippen LogP contribution in [0.1, 0.15) is 383 Å². The van der Waals surface area contributed by atoms with Gasteiger partial charge in [-0.1, -0.05) is 248 Å². The molecular weight excluding hydrogens is 1420 g/mol. The smallest absolute Gasteiger partial charge is 0.507 e. The summed E-state index contributed by atoms with van der Waals surface area (Å²) in [7, 11) is 0.443. The van der Waals surface area contributed by atoms with Crippen LogP contribution < -0.4 is 34.4 Å². The monoisotopic (exact) mass is 1580 g/mol. The van der Waals surface area contributed by atoms with Crippen LogP contribution in [-0.4, -0.2) is 97.5 Å². The molecule has 2 saturated heterocycles. The molecule has 0 saturated carbocycles. The van der Waals surface area contributed by atoms with Crippen LogP contribution >= 0.6 is 8.60 Å². The Morgan fingerprint density at radius 1 is 0.487 bits per heavy atom. The summed E-state index contributed by atoms with van der Waals surface area (Å²) in [6, 6.07) is 24.8. The number of nitrogens with one attached hydrogen (secondary N) is 3. The van der Waals surface area contributed by atoms with E-state index in [1.165, 1.54) is 55.3 Å². The summed E-state index contributed by atoms with van der Waals surface area (Å²) in [5.41, 5.74) is 10.0. The number of aromatic nitrogens is 3. The van der Waals surface area contributed by atoms with Crippen molar-refractivity contribution < 1.29 is 28.2 Å². The van der Waals surface area contributed by atoms with Crippen LogP contribution in [0.4, 0.5) is 11.9 Å². The van der Waals surface area contributed by atoms with Gasteiger partial charge in [-0.2, -0.15) is 15.0 Å². The minimum Gasteiger partial charge on any atom is -0.507 e. The molecule has 0 unspecified atom stereocenters. The highest BCUT2D eigenvalue weighted by Gasteiger charge is 2.43. The summed E-state index contributed by atoms with van der Waals surface area (Å²) < 4.78 is 25.7. The van der Waals surface area contributed by atoms with E-state index in [1.54, 1.807) is 0 Å². The highest BCUT2D eigenvalue weighted by Crippen LogP contribution is 2.51. The minimum absolute atomic E-state index is 0.0170. The summed E-state index contributed by atoms with van der Waals surface area (Å²) in [4.78, 5) is 31.5. The molecule has 113 heavy (non-hydrogen) atoms. The topological polar surface area (TPSA) is 155 Å². The number of benzene rings is 4. The van der Waals surface area contributed by atoms with Gasteiger partial charge >= 0.3 is 14.6 Å². The van der Waals surface area contributed by atoms with Crippen LogP contribution in [-0.2, 0) is 59.3 Å². The van der Waals surface area contributed by atoms with Crippen molar-refractivity contribution in [2.75, 3.05) is 37.0 Å². The van der Waals surface area contributed by atoms with Crippen molar-refractivity contribution in [3.63, 3.8) is 0 Å². The number of anilines is 2. The molecule has 3 heterocycles. The molecule has 2 aliphatic heterocycles. The van der Waals surface area contributed by atoms with Gasteiger partial charge in [0.1, 0.15) is 28.8 Å². The number of esters is 1. The van der Waals surface area contributed by atoms with Crippen LogP contribution in [0.25, 0.3) is 0 Å². The first-order valence-corrected chi connectivity index (χ1v) is 43.9. The fraction of sp³-hybridized carbons (Fsp3) is 0.714. The second-order valence-electron chi connectivity index (χ2n) is 46.2. The lowest BCUT2D eigenvalue weighted by molar-refractivity contribution is -0.143. The average Bonchev–Trinajstić information content (AvgIpc) is 0.789. The Bertz CT molecular complexity index is 3670. The molecule has 0 atom stereocenters. The maximum absolute atomic E-state index is 11.6. The van der Waals surface area contributed by atoms with E-state index >= 15 is 0 Å². The number of carbonyl (C=O) groups excluding carboxylic acids is 1. The third-order valence-electron chi connectivity index (χ3n) is 21.7. The molecule has 15 heteroatoms. The second kappa shape index (κ2) is 36.8. The molecule has 4 N–H and O–H groups in total. The van der Waals surface area contributed by atoms with Gasteiger partial charge in [0.25, 0.3) is 0 Å². The third-order valence-corrected chi connectivity index (χ3v) is 22.7. The average molecular weight is 1580 g/mol. The Morgan fingerprint density at radius 2 is 0.841 bits per heavy atom. The molecule has 0 aliphatic carbocycles. The van der Waals surface area contributed by atoms with E-state index in [0.29, 0.717) is 43.2 Å². The molecule has 5 aromatic rings. The molecule has 0 spiro atoms. The van der Waals surface area contributed by atoms with E-state index in [-0.39, 0.29) is 82.4 Å². The van der Waals surface area contributed by atoms with Gasteiger partial charge in [-0.3, -0.25) is 4.79 Å². The van der Waals surface area contributed by atoms with Gasteiger partial charge in [0.15, 0.2) is 0 Å². The molecule has 1 aromatic heterocycles. The number of ether oxygens (including phenoxy) is 1. The number of rotatable bonds is 23. The Labute approximate surface area is 693 Å². The lowest BCUT2D eigenvalue weighted by Gasteiger charge is -2.49. The molecule has 638 valence electrons. The summed E-state index contributed by atoms with van der Waals surface area (Å²) in [6.07, 6.45) is 11.4. The van der Waals surface area contributed by atoms with Crippen LogP contribution in [0, 0.1) is 12.3 Å². The van der Waals surface area contributed by atoms with Gasteiger partial charge in [-0.05, 0) is 248 Å². The normalized spacial score (nSPS) is 16.7. The number of carbonyl (C=O) groups is 1. The lowest BCUT2D eigenvalue weighted by atomic mass is 9.78. The zero-order chi connectivity index (χ0) is 86.5. The lowest BCUT2D eigenvalue weighted by Crippen LogP contribution is -2.62. The van der Waals surface area contributed by atoms with Gasteiger partial charge in [0, 0.05) is 69.4 Å². The van der Waals surface area contributed by atoms with E-state index in [0.717, 1.165) is 94.6 Å². The first-order valence-electron chi connectivity index (χ1n) is 42.8. The molecule has 0 bridgehead atoms. The van der Waals surface area contributed by atoms with Crippen molar-refractivity contribution in [1.82, 2.24) is 30.5 Å². The number of hydrogen-bond acceptors (Lipinski definition) is 14. The number of piperidine rings is 2. The Kier molecular flexibility index (Phi) is 31.9. The third kappa shape index (κ3) is 31.0. The number of phenolic OH excluding ortho intramolecular Hbond substituents is 1. The second-order valence-corrected chi connectivity index (χ2v) is 47.2.